The van der Waals surface area contributed by atoms with Crippen LogP contribution in [0.5, 0.6) is 0 Å². The van der Waals surface area contributed by atoms with E-state index in [0.29, 0.717) is 61.2 Å². The van der Waals surface area contributed by atoms with Gasteiger partial charge in [-0.25, -0.2) is 0 Å². The standard InChI is InChI=1S/C34H56O6/c1-19(2)20(3)10-11-21(4)25-12-13-26(36)30-17-33-29(9,15-14-27(37)31(33,18-35)40-33)32(39-30,16-24-22(5)23(24)6)34(30,38)28(25,7)8/h19-25,27,35,37-38H,10-18H2,1-9H3/t20-,21-,22?,23?,24?,25-,27+,29-,30+,31+,32+,33-,34+/m1/s1. The van der Waals surface area contributed by atoms with Gasteiger partial charge in [0.2, 0.25) is 0 Å². The Balaban J connectivity index is 1.47. The molecule has 12 atom stereocenters. The number of hydrogen-bond acceptors (Lipinski definition) is 6. The molecule has 3 N–H and O–H groups in total. The highest BCUT2D eigenvalue weighted by Gasteiger charge is 3.00. The Kier molecular flexibility index (Phi) is 6.32. The van der Waals surface area contributed by atoms with Crippen molar-refractivity contribution in [3.05, 3.63) is 0 Å². The highest BCUT2D eigenvalue weighted by molar-refractivity contribution is 5.92. The van der Waals surface area contributed by atoms with Crippen molar-refractivity contribution in [1.29, 1.82) is 0 Å². The summed E-state index contributed by atoms with van der Waals surface area (Å²) in [7, 11) is 0. The van der Waals surface area contributed by atoms with Gasteiger partial charge in [0.05, 0.1) is 12.7 Å². The van der Waals surface area contributed by atoms with E-state index in [4.69, 9.17) is 9.47 Å². The van der Waals surface area contributed by atoms with Crippen LogP contribution >= 0.6 is 0 Å². The maximum atomic E-state index is 14.3. The van der Waals surface area contributed by atoms with Gasteiger partial charge in [0.15, 0.2) is 11.4 Å². The molecule has 6 heteroatoms. The Bertz CT molecular complexity index is 1060. The molecule has 3 saturated carbocycles. The van der Waals surface area contributed by atoms with Crippen LogP contribution < -0.4 is 0 Å². The zero-order valence-electron chi connectivity index (χ0n) is 26.5. The van der Waals surface area contributed by atoms with Crippen molar-refractivity contribution < 1.29 is 29.6 Å². The lowest BCUT2D eigenvalue weighted by Crippen LogP contribution is -2.97. The van der Waals surface area contributed by atoms with Crippen molar-refractivity contribution in [3.63, 3.8) is 0 Å². The maximum Gasteiger partial charge on any atom is 0.167 e. The van der Waals surface area contributed by atoms with Crippen molar-refractivity contribution >= 4 is 5.78 Å². The highest BCUT2D eigenvalue weighted by Crippen LogP contribution is 2.86. The van der Waals surface area contributed by atoms with Crippen LogP contribution in [0.1, 0.15) is 114 Å². The Hall–Kier alpha value is -0.530. The molecule has 40 heavy (non-hydrogen) atoms. The summed E-state index contributed by atoms with van der Waals surface area (Å²) in [5.41, 5.74) is -6.88. The number of carbonyl (C=O) groups is 1. The van der Waals surface area contributed by atoms with E-state index in [-0.39, 0.29) is 24.7 Å². The predicted octanol–water partition coefficient (Wildman–Crippen LogP) is 5.30. The molecule has 6 rings (SSSR count). The molecule has 0 amide bonds. The third kappa shape index (κ3) is 2.97. The Morgan fingerprint density at radius 3 is 2.23 bits per heavy atom. The van der Waals surface area contributed by atoms with Gasteiger partial charge in [0.25, 0.3) is 0 Å². The summed E-state index contributed by atoms with van der Waals surface area (Å²) < 4.78 is 13.7. The third-order valence-corrected chi connectivity index (χ3v) is 14.9. The fraction of sp³-hybridized carbons (Fsp3) is 0.971. The Morgan fingerprint density at radius 2 is 1.65 bits per heavy atom. The molecule has 0 aromatic heterocycles. The van der Waals surface area contributed by atoms with Crippen LogP contribution in [0.2, 0.25) is 0 Å². The second-order valence-corrected chi connectivity index (χ2v) is 16.7. The predicted molar refractivity (Wildman–Crippen MR) is 153 cm³/mol. The van der Waals surface area contributed by atoms with E-state index in [1.165, 1.54) is 0 Å². The molecule has 6 aliphatic rings. The lowest BCUT2D eigenvalue weighted by atomic mass is 9.33. The number of ether oxygens (including phenoxy) is 2. The molecule has 2 spiro atoms. The molecule has 2 unspecified atom stereocenters. The quantitative estimate of drug-likeness (QED) is 0.349. The number of rotatable bonds is 8. The summed E-state index contributed by atoms with van der Waals surface area (Å²) in [6.07, 6.45) is 4.62. The van der Waals surface area contributed by atoms with Crippen molar-refractivity contribution in [2.45, 2.75) is 148 Å². The summed E-state index contributed by atoms with van der Waals surface area (Å²) in [5, 5.41) is 35.4. The van der Waals surface area contributed by atoms with Gasteiger partial charge < -0.3 is 24.8 Å². The van der Waals surface area contributed by atoms with E-state index in [1.807, 2.05) is 0 Å². The summed E-state index contributed by atoms with van der Waals surface area (Å²) in [4.78, 5) is 14.3. The first kappa shape index (κ1) is 29.5. The molecule has 3 aliphatic heterocycles. The minimum absolute atomic E-state index is 0.0142. The van der Waals surface area contributed by atoms with Gasteiger partial charge in [-0.05, 0) is 67.1 Å². The van der Waals surface area contributed by atoms with E-state index >= 15 is 0 Å². The number of fused-ring (bicyclic) bond motifs is 3. The summed E-state index contributed by atoms with van der Waals surface area (Å²) in [5.74, 6) is 3.27. The molecule has 6 nitrogen and oxygen atoms in total. The van der Waals surface area contributed by atoms with Crippen molar-refractivity contribution in [1.82, 2.24) is 0 Å². The van der Waals surface area contributed by atoms with Crippen LogP contribution in [0.3, 0.4) is 0 Å². The van der Waals surface area contributed by atoms with E-state index in [1.54, 1.807) is 0 Å². The fourth-order valence-electron chi connectivity index (χ4n) is 11.4. The Labute approximate surface area is 242 Å². The van der Waals surface area contributed by atoms with Gasteiger partial charge in [0.1, 0.15) is 22.4 Å². The molecular weight excluding hydrogens is 504 g/mol. The molecule has 3 saturated heterocycles. The number of carbonyl (C=O) groups excluding carboxylic acids is 1. The first-order chi connectivity index (χ1) is 18.5. The van der Waals surface area contributed by atoms with Crippen molar-refractivity contribution in [3.8, 4) is 0 Å². The first-order valence-electron chi connectivity index (χ1n) is 16.4. The van der Waals surface area contributed by atoms with Gasteiger partial charge in [0, 0.05) is 23.7 Å². The molecule has 0 radical (unpaired) electrons. The van der Waals surface area contributed by atoms with Gasteiger partial charge >= 0.3 is 0 Å². The van der Waals surface area contributed by atoms with Crippen LogP contribution in [0.25, 0.3) is 0 Å². The van der Waals surface area contributed by atoms with Crippen molar-refractivity contribution in [2.75, 3.05) is 6.61 Å². The lowest BCUT2D eigenvalue weighted by Gasteiger charge is -2.81. The van der Waals surface area contributed by atoms with E-state index in [2.05, 4.69) is 62.3 Å². The molecule has 3 heterocycles. The van der Waals surface area contributed by atoms with E-state index in [0.717, 1.165) is 19.3 Å². The first-order valence-corrected chi connectivity index (χ1v) is 16.4. The number of epoxide rings is 1. The van der Waals surface area contributed by atoms with Gasteiger partial charge in [-0.3, -0.25) is 4.79 Å². The Morgan fingerprint density at radius 1 is 1.00 bits per heavy atom. The summed E-state index contributed by atoms with van der Waals surface area (Å²) >= 11 is 0. The van der Waals surface area contributed by atoms with Crippen molar-refractivity contribution in [2.24, 2.45) is 52.3 Å². The minimum Gasteiger partial charge on any atom is -0.393 e. The zero-order valence-corrected chi connectivity index (χ0v) is 26.5. The largest absolute Gasteiger partial charge is 0.393 e. The van der Waals surface area contributed by atoms with Crippen LogP contribution in [0, 0.1) is 52.3 Å². The number of aliphatic hydroxyl groups excluding tert-OH is 2. The van der Waals surface area contributed by atoms with E-state index in [9.17, 15) is 20.1 Å². The van der Waals surface area contributed by atoms with Crippen LogP contribution in [0.4, 0.5) is 0 Å². The number of aliphatic hydroxyl groups is 3. The number of Topliss-reactive ketones (excluding diaryl/α,β-unsaturated/α-hetero) is 1. The minimum atomic E-state index is -1.37. The number of ketones is 1. The van der Waals surface area contributed by atoms with Gasteiger partial charge in [-0.1, -0.05) is 75.2 Å². The SMILES string of the molecule is CC1C(C)C1C[C@]12O[C@@]3(C[C@]45O[C@@]4(CO)[C@@H](O)CC[C@]15C)C(=O)CC[C@H]([C@H](C)CC[C@@H](C)C(C)C)C(C)(C)[C@@]23O. The summed E-state index contributed by atoms with van der Waals surface area (Å²) in [6, 6.07) is 0. The fourth-order valence-corrected chi connectivity index (χ4v) is 11.4. The van der Waals surface area contributed by atoms with Gasteiger partial charge in [-0.15, -0.1) is 0 Å². The normalized spacial score (nSPS) is 55.3. The van der Waals surface area contributed by atoms with Crippen LogP contribution in [0.15, 0.2) is 0 Å². The second kappa shape index (κ2) is 8.55. The topological polar surface area (TPSA) is 99.5 Å². The lowest BCUT2D eigenvalue weighted by molar-refractivity contribution is -0.489. The summed E-state index contributed by atoms with van der Waals surface area (Å²) in [6.45, 7) is 20.1. The van der Waals surface area contributed by atoms with Gasteiger partial charge in [-0.2, -0.15) is 0 Å². The second-order valence-electron chi connectivity index (χ2n) is 16.7. The van der Waals surface area contributed by atoms with Crippen LogP contribution in [-0.2, 0) is 14.3 Å². The number of hydrogen-bond donors (Lipinski definition) is 3. The maximum absolute atomic E-state index is 14.3. The molecule has 2 bridgehead atoms. The average Bonchev–Trinajstić information content (AvgIpc) is 3.75. The average molecular weight is 561 g/mol. The zero-order chi connectivity index (χ0) is 29.5. The molecular formula is C34H56O6. The molecule has 228 valence electrons. The molecule has 0 aromatic rings. The molecule has 3 aliphatic carbocycles. The smallest absolute Gasteiger partial charge is 0.167 e. The van der Waals surface area contributed by atoms with E-state index < -0.39 is 44.9 Å². The highest BCUT2D eigenvalue weighted by atomic mass is 16.7. The monoisotopic (exact) mass is 560 g/mol. The molecule has 0 aromatic carbocycles. The molecule has 6 fully saturated rings. The van der Waals surface area contributed by atoms with Crippen LogP contribution in [-0.4, -0.2) is 61.8 Å². The third-order valence-electron chi connectivity index (χ3n) is 14.9.